The average Bonchev–Trinajstić information content (AvgIpc) is 2.95. The van der Waals surface area contributed by atoms with Gasteiger partial charge >= 0.3 is 0 Å². The van der Waals surface area contributed by atoms with Crippen LogP contribution in [0.15, 0.2) is 48.8 Å². The highest BCUT2D eigenvalue weighted by molar-refractivity contribution is 6.30. The lowest BCUT2D eigenvalue weighted by molar-refractivity contribution is 0.0950. The van der Waals surface area contributed by atoms with Gasteiger partial charge in [0.2, 0.25) is 0 Å². The second-order valence-corrected chi connectivity index (χ2v) is 5.42. The Labute approximate surface area is 138 Å². The van der Waals surface area contributed by atoms with Crippen LogP contribution in [0.5, 0.6) is 5.75 Å². The molecule has 1 aromatic carbocycles. The zero-order chi connectivity index (χ0) is 16.2. The highest BCUT2D eigenvalue weighted by Crippen LogP contribution is 2.14. The minimum absolute atomic E-state index is 0.165. The number of halogens is 1. The van der Waals surface area contributed by atoms with Crippen LogP contribution in [0.3, 0.4) is 0 Å². The number of benzene rings is 1. The van der Waals surface area contributed by atoms with E-state index >= 15 is 0 Å². The Morgan fingerprint density at radius 2 is 2.22 bits per heavy atom. The number of hydrogen-bond donors (Lipinski definition) is 1. The highest BCUT2D eigenvalue weighted by Gasteiger charge is 2.08. The Morgan fingerprint density at radius 1 is 1.35 bits per heavy atom. The Balaban J connectivity index is 1.69. The first-order valence-corrected chi connectivity index (χ1v) is 7.67. The van der Waals surface area contributed by atoms with Crippen LogP contribution in [0.2, 0.25) is 5.02 Å². The Bertz CT molecular complexity index is 845. The lowest BCUT2D eigenvalue weighted by atomic mass is 10.2. The van der Waals surface area contributed by atoms with Crippen LogP contribution in [0, 0.1) is 0 Å². The van der Waals surface area contributed by atoms with Crippen molar-refractivity contribution in [1.82, 2.24) is 14.7 Å². The number of aromatic nitrogens is 2. The van der Waals surface area contributed by atoms with Gasteiger partial charge in [-0.1, -0.05) is 17.7 Å². The zero-order valence-electron chi connectivity index (χ0n) is 12.6. The van der Waals surface area contributed by atoms with Crippen molar-refractivity contribution in [2.75, 3.05) is 6.61 Å². The number of amides is 1. The fourth-order valence-electron chi connectivity index (χ4n) is 2.26. The molecular formula is C17H16ClN3O2. The van der Waals surface area contributed by atoms with Gasteiger partial charge in [0.1, 0.15) is 11.4 Å². The van der Waals surface area contributed by atoms with E-state index in [2.05, 4.69) is 10.3 Å². The molecule has 1 amide bonds. The fraction of sp³-hybridized carbons (Fsp3) is 0.176. The van der Waals surface area contributed by atoms with Crippen LogP contribution in [0.1, 0.15) is 23.0 Å². The number of ether oxygens (including phenoxy) is 1. The van der Waals surface area contributed by atoms with Crippen molar-refractivity contribution >= 4 is 23.2 Å². The summed E-state index contributed by atoms with van der Waals surface area (Å²) in [5.41, 5.74) is 2.07. The number of carbonyl (C=O) groups is 1. The van der Waals surface area contributed by atoms with Gasteiger partial charge in [0.05, 0.1) is 18.8 Å². The lowest BCUT2D eigenvalue weighted by Crippen LogP contribution is -2.22. The summed E-state index contributed by atoms with van der Waals surface area (Å²) in [7, 11) is 0. The molecule has 2 aromatic heterocycles. The largest absolute Gasteiger partial charge is 0.494 e. The maximum absolute atomic E-state index is 12.2. The molecule has 0 saturated carbocycles. The quantitative estimate of drug-likeness (QED) is 0.781. The molecule has 0 fully saturated rings. The van der Waals surface area contributed by atoms with E-state index in [4.69, 9.17) is 16.3 Å². The van der Waals surface area contributed by atoms with Gasteiger partial charge in [0, 0.05) is 23.0 Å². The molecule has 6 heteroatoms. The van der Waals surface area contributed by atoms with Crippen LogP contribution in [0.25, 0.3) is 5.65 Å². The summed E-state index contributed by atoms with van der Waals surface area (Å²) < 4.78 is 7.27. The van der Waals surface area contributed by atoms with Crippen LogP contribution in [-0.2, 0) is 6.54 Å². The third-order valence-electron chi connectivity index (χ3n) is 3.31. The van der Waals surface area contributed by atoms with E-state index in [1.54, 1.807) is 30.3 Å². The number of nitrogens with one attached hydrogen (secondary N) is 1. The maximum Gasteiger partial charge on any atom is 0.251 e. The molecule has 0 atom stereocenters. The fourth-order valence-corrected chi connectivity index (χ4v) is 2.42. The predicted octanol–water partition coefficient (Wildman–Crippen LogP) is 3.32. The monoisotopic (exact) mass is 329 g/mol. The normalized spacial score (nSPS) is 10.7. The van der Waals surface area contributed by atoms with Crippen molar-refractivity contribution < 1.29 is 9.53 Å². The zero-order valence-corrected chi connectivity index (χ0v) is 13.4. The Hall–Kier alpha value is -2.53. The summed E-state index contributed by atoms with van der Waals surface area (Å²) in [5.74, 6) is 0.518. The summed E-state index contributed by atoms with van der Waals surface area (Å²) in [5, 5.41) is 3.49. The molecule has 0 spiro atoms. The van der Waals surface area contributed by atoms with Crippen LogP contribution in [-0.4, -0.2) is 21.9 Å². The summed E-state index contributed by atoms with van der Waals surface area (Å²) in [6, 6.07) is 10.7. The van der Waals surface area contributed by atoms with Crippen molar-refractivity contribution in [3.63, 3.8) is 0 Å². The Morgan fingerprint density at radius 3 is 3.04 bits per heavy atom. The number of nitrogens with zero attached hydrogens (tertiary/aromatic N) is 2. The molecular weight excluding hydrogens is 314 g/mol. The first-order valence-electron chi connectivity index (χ1n) is 7.30. The minimum atomic E-state index is -0.165. The Kier molecular flexibility index (Phi) is 4.48. The molecule has 3 rings (SSSR count). The van der Waals surface area contributed by atoms with Crippen molar-refractivity contribution in [3.8, 4) is 5.75 Å². The number of pyridine rings is 1. The molecule has 0 aliphatic heterocycles. The van der Waals surface area contributed by atoms with Crippen LogP contribution < -0.4 is 10.1 Å². The summed E-state index contributed by atoms with van der Waals surface area (Å²) in [6.07, 6.45) is 3.70. The molecule has 0 aliphatic rings. The third-order valence-corrected chi connectivity index (χ3v) is 3.54. The molecule has 118 valence electrons. The second kappa shape index (κ2) is 6.71. The van der Waals surface area contributed by atoms with E-state index in [0.717, 1.165) is 11.3 Å². The van der Waals surface area contributed by atoms with Gasteiger partial charge < -0.3 is 14.5 Å². The topological polar surface area (TPSA) is 55.6 Å². The van der Waals surface area contributed by atoms with Crippen molar-refractivity contribution in [2.24, 2.45) is 0 Å². The summed E-state index contributed by atoms with van der Waals surface area (Å²) >= 11 is 5.94. The van der Waals surface area contributed by atoms with Gasteiger partial charge in [-0.3, -0.25) is 4.79 Å². The van der Waals surface area contributed by atoms with E-state index in [1.807, 2.05) is 29.8 Å². The van der Waals surface area contributed by atoms with E-state index in [0.29, 0.717) is 29.5 Å². The third kappa shape index (κ3) is 3.63. The number of fused-ring (bicyclic) bond motifs is 1. The molecule has 0 saturated heterocycles. The van der Waals surface area contributed by atoms with E-state index in [9.17, 15) is 4.79 Å². The van der Waals surface area contributed by atoms with Gasteiger partial charge in [0.25, 0.3) is 5.91 Å². The predicted molar refractivity (Wildman–Crippen MR) is 89.0 cm³/mol. The van der Waals surface area contributed by atoms with Gasteiger partial charge in [-0.05, 0) is 37.3 Å². The van der Waals surface area contributed by atoms with Gasteiger partial charge in [-0.15, -0.1) is 0 Å². The molecule has 2 heterocycles. The average molecular weight is 330 g/mol. The molecule has 0 unspecified atom stereocenters. The smallest absolute Gasteiger partial charge is 0.251 e. The van der Waals surface area contributed by atoms with Crippen molar-refractivity contribution in [2.45, 2.75) is 13.5 Å². The van der Waals surface area contributed by atoms with Crippen molar-refractivity contribution in [3.05, 3.63) is 65.1 Å². The second-order valence-electron chi connectivity index (χ2n) is 4.99. The van der Waals surface area contributed by atoms with Gasteiger partial charge in [0.15, 0.2) is 0 Å². The maximum atomic E-state index is 12.2. The van der Waals surface area contributed by atoms with E-state index < -0.39 is 0 Å². The molecule has 0 aliphatic carbocycles. The minimum Gasteiger partial charge on any atom is -0.494 e. The first kappa shape index (κ1) is 15.4. The summed E-state index contributed by atoms with van der Waals surface area (Å²) in [6.45, 7) is 2.81. The lowest BCUT2D eigenvalue weighted by Gasteiger charge is -2.06. The first-order chi connectivity index (χ1) is 11.2. The molecule has 0 radical (unpaired) electrons. The molecule has 0 bridgehead atoms. The molecule has 23 heavy (non-hydrogen) atoms. The molecule has 5 nitrogen and oxygen atoms in total. The molecule has 3 aromatic rings. The highest BCUT2D eigenvalue weighted by atomic mass is 35.5. The van der Waals surface area contributed by atoms with E-state index in [1.165, 1.54) is 0 Å². The summed E-state index contributed by atoms with van der Waals surface area (Å²) in [4.78, 5) is 16.6. The number of hydrogen-bond acceptors (Lipinski definition) is 3. The van der Waals surface area contributed by atoms with Crippen LogP contribution >= 0.6 is 11.6 Å². The van der Waals surface area contributed by atoms with Gasteiger partial charge in [-0.2, -0.15) is 0 Å². The standard InChI is InChI=1S/C17H16ClN3O2/c1-2-23-15-5-3-4-12(8-15)17(22)19-10-14-11-21-7-6-13(18)9-16(21)20-14/h3-9,11H,2,10H2,1H3,(H,19,22). The van der Waals surface area contributed by atoms with Crippen LogP contribution in [0.4, 0.5) is 0 Å². The van der Waals surface area contributed by atoms with Gasteiger partial charge in [-0.25, -0.2) is 4.98 Å². The van der Waals surface area contributed by atoms with Crippen molar-refractivity contribution in [1.29, 1.82) is 0 Å². The molecule has 1 N–H and O–H groups in total. The van der Waals surface area contributed by atoms with E-state index in [-0.39, 0.29) is 5.91 Å². The SMILES string of the molecule is CCOc1cccc(C(=O)NCc2cn3ccc(Cl)cc3n2)c1. The number of imidazole rings is 1. The number of rotatable bonds is 5. The number of carbonyl (C=O) groups excluding carboxylic acids is 1.